The van der Waals surface area contributed by atoms with Crippen molar-refractivity contribution >= 4 is 35.0 Å². The van der Waals surface area contributed by atoms with Gasteiger partial charge >= 0.3 is 0 Å². The molecule has 8 nitrogen and oxygen atoms in total. The molecule has 2 aromatic heterocycles. The Labute approximate surface area is 193 Å². The predicted octanol–water partition coefficient (Wildman–Crippen LogP) is 4.84. The number of amides is 1. The summed E-state index contributed by atoms with van der Waals surface area (Å²) in [7, 11) is 0. The lowest BCUT2D eigenvalue weighted by atomic mass is 10.3. The monoisotopic (exact) mass is 469 g/mol. The number of hydrogen-bond acceptors (Lipinski definition) is 7. The largest absolute Gasteiger partial charge is 0.484 e. The summed E-state index contributed by atoms with van der Waals surface area (Å²) in [6.45, 7) is 3.90. The molecule has 2 aromatic carbocycles. The number of thioether (sulfide) groups is 1. The second-order valence-electron chi connectivity index (χ2n) is 6.83. The number of aromatic nitrogens is 4. The lowest BCUT2D eigenvalue weighted by Gasteiger charge is -2.06. The fourth-order valence-corrected chi connectivity index (χ4v) is 3.68. The van der Waals surface area contributed by atoms with Gasteiger partial charge < -0.3 is 14.5 Å². The lowest BCUT2D eigenvalue weighted by molar-refractivity contribution is -0.113. The zero-order valence-electron chi connectivity index (χ0n) is 17.4. The molecular weight excluding hydrogens is 450 g/mol. The van der Waals surface area contributed by atoms with Crippen LogP contribution in [0, 0.1) is 13.8 Å². The third-order valence-electron chi connectivity index (χ3n) is 4.51. The zero-order valence-corrected chi connectivity index (χ0v) is 19.0. The number of aryl methyl sites for hydroxylation is 1. The quantitative estimate of drug-likeness (QED) is 0.369. The van der Waals surface area contributed by atoms with Gasteiger partial charge in [0.15, 0.2) is 6.61 Å². The molecule has 0 spiro atoms. The van der Waals surface area contributed by atoms with Crippen LogP contribution in [0.1, 0.15) is 17.3 Å². The average molecular weight is 470 g/mol. The Morgan fingerprint density at radius 3 is 2.62 bits per heavy atom. The maximum absolute atomic E-state index is 12.5. The Hall–Kier alpha value is -3.30. The van der Waals surface area contributed by atoms with Crippen LogP contribution in [0.2, 0.25) is 5.02 Å². The molecule has 0 saturated heterocycles. The number of ether oxygens (including phenoxy) is 1. The average Bonchev–Trinajstić information content (AvgIpc) is 3.37. The van der Waals surface area contributed by atoms with Crippen LogP contribution in [0.4, 0.5) is 5.69 Å². The van der Waals surface area contributed by atoms with E-state index in [4.69, 9.17) is 20.8 Å². The van der Waals surface area contributed by atoms with Crippen molar-refractivity contribution in [1.29, 1.82) is 0 Å². The fraction of sp³-hybridized carbons (Fsp3) is 0.182. The van der Waals surface area contributed by atoms with E-state index in [2.05, 4.69) is 20.6 Å². The smallest absolute Gasteiger partial charge is 0.277 e. The number of halogens is 1. The number of hydrogen-bond donors (Lipinski definition) is 1. The SMILES string of the molecule is Cc1nn(-c2ccccc2)c(C)c1NC(=O)CSc1nnc(COc2ccc(Cl)cc2)o1. The van der Waals surface area contributed by atoms with E-state index in [1.54, 1.807) is 24.3 Å². The van der Waals surface area contributed by atoms with E-state index < -0.39 is 0 Å². The molecule has 0 bridgehead atoms. The van der Waals surface area contributed by atoms with Gasteiger partial charge in [0.05, 0.1) is 28.5 Å². The van der Waals surface area contributed by atoms with Gasteiger partial charge in [0.2, 0.25) is 5.91 Å². The van der Waals surface area contributed by atoms with Crippen LogP contribution in [0.15, 0.2) is 64.2 Å². The number of nitrogens with zero attached hydrogens (tertiary/aromatic N) is 4. The van der Waals surface area contributed by atoms with E-state index in [0.29, 0.717) is 27.6 Å². The molecule has 4 rings (SSSR count). The molecular formula is C22H20ClN5O3S. The topological polar surface area (TPSA) is 95.1 Å². The molecule has 0 atom stereocenters. The first-order valence-electron chi connectivity index (χ1n) is 9.74. The number of anilines is 1. The van der Waals surface area contributed by atoms with Crippen LogP contribution >= 0.6 is 23.4 Å². The summed E-state index contributed by atoms with van der Waals surface area (Å²) in [5.41, 5.74) is 3.22. The first kappa shape index (κ1) is 21.9. The summed E-state index contributed by atoms with van der Waals surface area (Å²) in [4.78, 5) is 12.5. The van der Waals surface area contributed by atoms with E-state index in [9.17, 15) is 4.79 Å². The third kappa shape index (κ3) is 5.30. The second kappa shape index (κ2) is 9.88. The minimum Gasteiger partial charge on any atom is -0.484 e. The molecule has 32 heavy (non-hydrogen) atoms. The minimum atomic E-state index is -0.189. The summed E-state index contributed by atoms with van der Waals surface area (Å²) in [6.07, 6.45) is 0. The summed E-state index contributed by atoms with van der Waals surface area (Å²) in [5, 5.41) is 16.3. The van der Waals surface area contributed by atoms with Crippen LogP contribution in [-0.4, -0.2) is 31.6 Å². The molecule has 1 N–H and O–H groups in total. The zero-order chi connectivity index (χ0) is 22.5. The van der Waals surface area contributed by atoms with Crippen molar-refractivity contribution in [3.05, 3.63) is 76.9 Å². The number of para-hydroxylation sites is 1. The number of benzene rings is 2. The highest BCUT2D eigenvalue weighted by Gasteiger charge is 2.16. The summed E-state index contributed by atoms with van der Waals surface area (Å²) in [5.74, 6) is 0.891. The highest BCUT2D eigenvalue weighted by Crippen LogP contribution is 2.24. The third-order valence-corrected chi connectivity index (χ3v) is 5.58. The normalized spacial score (nSPS) is 10.8. The molecule has 1 amide bonds. The highest BCUT2D eigenvalue weighted by atomic mass is 35.5. The first-order valence-corrected chi connectivity index (χ1v) is 11.1. The predicted molar refractivity (Wildman–Crippen MR) is 122 cm³/mol. The summed E-state index contributed by atoms with van der Waals surface area (Å²) in [6, 6.07) is 16.7. The van der Waals surface area contributed by atoms with Gasteiger partial charge in [0.1, 0.15) is 5.75 Å². The molecule has 4 aromatic rings. The van der Waals surface area contributed by atoms with Crippen molar-refractivity contribution < 1.29 is 13.9 Å². The van der Waals surface area contributed by atoms with E-state index in [0.717, 1.165) is 28.8 Å². The van der Waals surface area contributed by atoms with Crippen molar-refractivity contribution in [1.82, 2.24) is 20.0 Å². The van der Waals surface area contributed by atoms with Crippen molar-refractivity contribution in [3.63, 3.8) is 0 Å². The lowest BCUT2D eigenvalue weighted by Crippen LogP contribution is -2.15. The Bertz CT molecular complexity index is 1210. The van der Waals surface area contributed by atoms with Crippen molar-refractivity contribution in [2.24, 2.45) is 0 Å². The molecule has 0 fully saturated rings. The minimum absolute atomic E-state index is 0.120. The van der Waals surface area contributed by atoms with Crippen LogP contribution in [0.25, 0.3) is 5.69 Å². The molecule has 0 unspecified atom stereocenters. The maximum Gasteiger partial charge on any atom is 0.277 e. The fourth-order valence-electron chi connectivity index (χ4n) is 2.98. The molecule has 0 aliphatic rings. The number of carbonyl (C=O) groups excluding carboxylic acids is 1. The Morgan fingerprint density at radius 2 is 1.88 bits per heavy atom. The highest BCUT2D eigenvalue weighted by molar-refractivity contribution is 7.99. The van der Waals surface area contributed by atoms with Gasteiger partial charge in [-0.15, -0.1) is 10.2 Å². The number of nitrogens with one attached hydrogen (secondary N) is 1. The number of rotatable bonds is 8. The van der Waals surface area contributed by atoms with E-state index in [1.807, 2.05) is 48.9 Å². The Kier molecular flexibility index (Phi) is 6.77. The standard InChI is InChI=1S/C22H20ClN5O3S/c1-14-21(15(2)28(27-14)17-6-4-3-5-7-17)24-19(29)13-32-22-26-25-20(31-22)12-30-18-10-8-16(23)9-11-18/h3-11H,12-13H2,1-2H3,(H,24,29). The van der Waals surface area contributed by atoms with E-state index in [-0.39, 0.29) is 18.3 Å². The Balaban J connectivity index is 1.31. The van der Waals surface area contributed by atoms with Crippen molar-refractivity contribution in [2.75, 3.05) is 11.1 Å². The maximum atomic E-state index is 12.5. The van der Waals surface area contributed by atoms with E-state index in [1.165, 1.54) is 0 Å². The van der Waals surface area contributed by atoms with Crippen LogP contribution < -0.4 is 10.1 Å². The number of carbonyl (C=O) groups is 1. The second-order valence-corrected chi connectivity index (χ2v) is 8.20. The first-order chi connectivity index (χ1) is 15.5. The molecule has 0 aliphatic heterocycles. The van der Waals surface area contributed by atoms with Gasteiger partial charge in [-0.25, -0.2) is 4.68 Å². The molecule has 0 saturated carbocycles. The summed E-state index contributed by atoms with van der Waals surface area (Å²) >= 11 is 7.01. The van der Waals surface area contributed by atoms with Crippen molar-refractivity contribution in [2.45, 2.75) is 25.7 Å². The van der Waals surface area contributed by atoms with Gasteiger partial charge in [-0.3, -0.25) is 4.79 Å². The Morgan fingerprint density at radius 1 is 1.12 bits per heavy atom. The molecule has 2 heterocycles. The molecule has 0 aliphatic carbocycles. The molecule has 164 valence electrons. The molecule has 0 radical (unpaired) electrons. The van der Waals surface area contributed by atoms with Gasteiger partial charge in [-0.1, -0.05) is 41.6 Å². The molecule has 10 heteroatoms. The van der Waals surface area contributed by atoms with E-state index >= 15 is 0 Å². The van der Waals surface area contributed by atoms with Gasteiger partial charge in [0.25, 0.3) is 11.1 Å². The van der Waals surface area contributed by atoms with Crippen LogP contribution in [0.3, 0.4) is 0 Å². The van der Waals surface area contributed by atoms with Crippen LogP contribution in [0.5, 0.6) is 5.75 Å². The van der Waals surface area contributed by atoms with Crippen LogP contribution in [-0.2, 0) is 11.4 Å². The van der Waals surface area contributed by atoms with Gasteiger partial charge in [-0.2, -0.15) is 5.10 Å². The summed E-state index contributed by atoms with van der Waals surface area (Å²) < 4.78 is 12.9. The van der Waals surface area contributed by atoms with Gasteiger partial charge in [-0.05, 0) is 50.2 Å². The van der Waals surface area contributed by atoms with Crippen molar-refractivity contribution in [3.8, 4) is 11.4 Å². The van der Waals surface area contributed by atoms with Gasteiger partial charge in [0, 0.05) is 5.02 Å².